The minimum Gasteiger partial charge on any atom is -0.356 e. The average Bonchev–Trinajstić information content (AvgIpc) is 1.53. The second-order valence-corrected chi connectivity index (χ2v) is 28.7. The molecule has 0 aromatic heterocycles. The molecule has 0 amide bonds. The van der Waals surface area contributed by atoms with Gasteiger partial charge in [0.25, 0.3) is 0 Å². The van der Waals surface area contributed by atoms with Gasteiger partial charge >= 0.3 is 0 Å². The smallest absolute Gasteiger partial charge is 0.0726 e. The molecule has 0 saturated carbocycles. The van der Waals surface area contributed by atoms with Crippen molar-refractivity contribution in [2.45, 2.75) is 16.2 Å². The minimum atomic E-state index is -0.312. The molecule has 0 unspecified atom stereocenters. The van der Waals surface area contributed by atoms with Crippen molar-refractivity contribution in [1.29, 1.82) is 0 Å². The van der Waals surface area contributed by atoms with E-state index in [1.54, 1.807) is 0 Å². The Kier molecular flexibility index (Phi) is 14.0. The van der Waals surface area contributed by atoms with Crippen LogP contribution in [0.25, 0.3) is 88.7 Å². The fourth-order valence-corrected chi connectivity index (χ4v) is 19.2. The third-order valence-corrected chi connectivity index (χ3v) is 23.4. The first-order valence-electron chi connectivity index (χ1n) is 36.9. The fourth-order valence-electron chi connectivity index (χ4n) is 19.2. The van der Waals surface area contributed by atoms with Crippen LogP contribution in [0.5, 0.6) is 0 Å². The predicted octanol–water partition coefficient (Wildman–Crippen LogP) is 26.1. The van der Waals surface area contributed by atoms with Crippen molar-refractivity contribution in [2.24, 2.45) is 0 Å². The predicted molar refractivity (Wildman–Crippen MR) is 440 cm³/mol. The summed E-state index contributed by atoms with van der Waals surface area (Å²) in [6.45, 7) is 0. The van der Waals surface area contributed by atoms with Crippen LogP contribution in [-0.4, -0.2) is 0 Å². The van der Waals surface area contributed by atoms with Gasteiger partial charge in [0.2, 0.25) is 0 Å². The lowest BCUT2D eigenvalue weighted by molar-refractivity contribution is 0.794. The van der Waals surface area contributed by atoms with Gasteiger partial charge in [0.15, 0.2) is 0 Å². The summed E-state index contributed by atoms with van der Waals surface area (Å²) in [6.07, 6.45) is 0. The Morgan fingerprint density at radius 2 is 0.396 bits per heavy atom. The molecule has 496 valence electrons. The SMILES string of the molecule is c1ccc(-c2ccc(Nc3ccc4c(c3)C3(c5ccccc5-c5ccccc53)c3ccccc3-4)cc2)cc1.c1ccc(Nc2ccc3c(c2)C2(c4ccccc4-c4ccccc42)c2ccccc2-3)cc1.c1ccc2c(c1)-c1ccccc1C21c2ccccc2-c2ccc(Nc3cccc4ccccc34)cc21. The monoisotopic (exact) mass is 1350 g/mol. The molecule has 0 radical (unpaired) electrons. The normalized spacial score (nSPS) is 13.7. The summed E-state index contributed by atoms with van der Waals surface area (Å²) in [4.78, 5) is 0. The molecular weight excluding hydrogens is 1280 g/mol. The summed E-state index contributed by atoms with van der Waals surface area (Å²) >= 11 is 0. The van der Waals surface area contributed by atoms with Crippen LogP contribution in [0.2, 0.25) is 0 Å². The Balaban J connectivity index is 0.000000102. The van der Waals surface area contributed by atoms with Crippen LogP contribution in [0.4, 0.5) is 34.1 Å². The first kappa shape index (κ1) is 61.1. The summed E-state index contributed by atoms with van der Waals surface area (Å²) in [5.41, 5.74) is 40.6. The second-order valence-electron chi connectivity index (χ2n) is 28.7. The van der Waals surface area contributed by atoms with Crippen molar-refractivity contribution in [3.05, 3.63) is 467 Å². The van der Waals surface area contributed by atoms with E-state index in [4.69, 9.17) is 0 Å². The number of nitrogens with one attached hydrogen (secondary N) is 3. The summed E-state index contributed by atoms with van der Waals surface area (Å²) in [5.74, 6) is 0. The fraction of sp³-hybridized carbons (Fsp3) is 0.0291. The van der Waals surface area contributed by atoms with Crippen LogP contribution in [0.1, 0.15) is 66.8 Å². The van der Waals surface area contributed by atoms with E-state index in [1.165, 1.54) is 155 Å². The number of benzene rings is 17. The summed E-state index contributed by atoms with van der Waals surface area (Å²) in [5, 5.41) is 13.5. The lowest BCUT2D eigenvalue weighted by Gasteiger charge is -2.30. The van der Waals surface area contributed by atoms with Crippen LogP contribution in [0.3, 0.4) is 0 Å². The van der Waals surface area contributed by atoms with E-state index < -0.39 is 0 Å². The number of fused-ring (bicyclic) bond motifs is 31. The van der Waals surface area contributed by atoms with Gasteiger partial charge in [0.05, 0.1) is 16.2 Å². The van der Waals surface area contributed by atoms with Crippen molar-refractivity contribution in [3.63, 3.8) is 0 Å². The summed E-state index contributed by atoms with van der Waals surface area (Å²) < 4.78 is 0. The van der Waals surface area contributed by atoms with Crippen LogP contribution < -0.4 is 16.0 Å². The Labute approximate surface area is 618 Å². The molecule has 17 aromatic carbocycles. The molecule has 23 rings (SSSR count). The number of rotatable bonds is 7. The topological polar surface area (TPSA) is 36.1 Å². The first-order chi connectivity index (χ1) is 52.6. The highest BCUT2D eigenvalue weighted by atomic mass is 14.9. The molecule has 3 N–H and O–H groups in total. The molecule has 3 nitrogen and oxygen atoms in total. The summed E-state index contributed by atoms with van der Waals surface area (Å²) in [6, 6.07) is 146. The lowest BCUT2D eigenvalue weighted by atomic mass is 9.70. The molecule has 0 saturated heterocycles. The molecule has 6 aliphatic rings. The van der Waals surface area contributed by atoms with E-state index >= 15 is 0 Å². The number of para-hydroxylation sites is 1. The maximum atomic E-state index is 3.76. The average molecular weight is 1350 g/mol. The zero-order valence-electron chi connectivity index (χ0n) is 58.1. The van der Waals surface area contributed by atoms with Gasteiger partial charge in [-0.05, 0) is 217 Å². The molecule has 0 bridgehead atoms. The molecule has 0 heterocycles. The third-order valence-electron chi connectivity index (χ3n) is 23.4. The van der Waals surface area contributed by atoms with E-state index in [0.717, 1.165) is 34.1 Å². The number of hydrogen-bond donors (Lipinski definition) is 3. The largest absolute Gasteiger partial charge is 0.356 e. The molecule has 3 spiro atoms. The molecule has 17 aromatic rings. The third kappa shape index (κ3) is 9.00. The maximum Gasteiger partial charge on any atom is 0.0726 e. The van der Waals surface area contributed by atoms with Crippen molar-refractivity contribution in [2.75, 3.05) is 16.0 Å². The molecule has 0 fully saturated rings. The quantitative estimate of drug-likeness (QED) is 0.149. The zero-order chi connectivity index (χ0) is 69.9. The van der Waals surface area contributed by atoms with Gasteiger partial charge in [-0.2, -0.15) is 0 Å². The minimum absolute atomic E-state index is 0.284. The lowest BCUT2D eigenvalue weighted by Crippen LogP contribution is -2.25. The molecule has 6 aliphatic carbocycles. The van der Waals surface area contributed by atoms with Crippen molar-refractivity contribution < 1.29 is 0 Å². The van der Waals surface area contributed by atoms with E-state index in [0.29, 0.717) is 0 Å². The van der Waals surface area contributed by atoms with Gasteiger partial charge in [-0.1, -0.05) is 334 Å². The van der Waals surface area contributed by atoms with Crippen molar-refractivity contribution >= 4 is 44.9 Å². The Morgan fingerprint density at radius 1 is 0.151 bits per heavy atom. The molecule has 0 atom stereocenters. The molecule has 3 heteroatoms. The van der Waals surface area contributed by atoms with Gasteiger partial charge in [-0.25, -0.2) is 0 Å². The van der Waals surface area contributed by atoms with Gasteiger partial charge in [-0.15, -0.1) is 0 Å². The van der Waals surface area contributed by atoms with Crippen LogP contribution >= 0.6 is 0 Å². The Bertz CT molecular complexity index is 6190. The highest BCUT2D eigenvalue weighted by molar-refractivity contribution is 6.01. The second kappa shape index (κ2) is 24.3. The molecule has 0 aliphatic heterocycles. The maximum absolute atomic E-state index is 3.76. The Morgan fingerprint density at radius 3 is 0.745 bits per heavy atom. The van der Waals surface area contributed by atoms with Crippen molar-refractivity contribution in [1.82, 2.24) is 0 Å². The highest BCUT2D eigenvalue weighted by Gasteiger charge is 2.54. The van der Waals surface area contributed by atoms with Gasteiger partial charge < -0.3 is 16.0 Å². The van der Waals surface area contributed by atoms with Crippen molar-refractivity contribution in [3.8, 4) is 77.9 Å². The highest BCUT2D eigenvalue weighted by Crippen LogP contribution is 2.66. The van der Waals surface area contributed by atoms with E-state index in [-0.39, 0.29) is 16.2 Å². The zero-order valence-corrected chi connectivity index (χ0v) is 58.1. The van der Waals surface area contributed by atoms with E-state index in [1.807, 2.05) is 6.07 Å². The molecular formula is C103H69N3. The standard InChI is InChI=1S/C37H25N.C35H23N.C31H21N/c1-2-10-25(11-3-1)26-18-20-27(21-19-26)38-28-22-23-32-31-14-6-9-17-35(31)37(36(32)24-28)33-15-7-4-12-29(33)30-13-5-8-16-34(30)37;1-2-12-25-23(10-1)11-9-19-34(25)36-24-20-21-29-28-15-5-8-18-32(28)35(33(29)22-24)30-16-6-3-13-26(30)27-14-4-7-17-31(27)35;1-2-10-21(11-3-1)32-22-18-19-26-25-14-6-9-17-29(25)31(30(26)20-22)27-15-7-4-12-23(27)24-13-5-8-16-28(24)31/h1-24,38H;1-22,36H;1-20,32H. The van der Waals surface area contributed by atoms with Crippen LogP contribution in [0, 0.1) is 0 Å². The van der Waals surface area contributed by atoms with Gasteiger partial charge in [0, 0.05) is 39.5 Å². The molecule has 106 heavy (non-hydrogen) atoms. The van der Waals surface area contributed by atoms with Gasteiger partial charge in [-0.3, -0.25) is 0 Å². The number of anilines is 6. The Hall–Kier alpha value is -13.6. The van der Waals surface area contributed by atoms with E-state index in [9.17, 15) is 0 Å². The summed E-state index contributed by atoms with van der Waals surface area (Å²) in [7, 11) is 0. The van der Waals surface area contributed by atoms with Crippen LogP contribution in [0.15, 0.2) is 400 Å². The first-order valence-corrected chi connectivity index (χ1v) is 36.9. The van der Waals surface area contributed by atoms with Gasteiger partial charge in [0.1, 0.15) is 0 Å². The van der Waals surface area contributed by atoms with E-state index in [2.05, 4.69) is 410 Å². The van der Waals surface area contributed by atoms with Crippen LogP contribution in [-0.2, 0) is 16.2 Å². The number of hydrogen-bond acceptors (Lipinski definition) is 3.